The van der Waals surface area contributed by atoms with E-state index in [4.69, 9.17) is 11.6 Å². The summed E-state index contributed by atoms with van der Waals surface area (Å²) >= 11 is 7.67. The molecule has 0 spiro atoms. The standard InChI is InChI=1S/C15H19ClN2O2S/c1-21-9-8-13(15(20)17-10-6-7-10)18-14(19)11-4-2-3-5-12(11)16/h2-5,10,13H,6-9H2,1H3,(H,17,20)(H,18,19). The third kappa shape index (κ3) is 4.93. The van der Waals surface area contributed by atoms with Gasteiger partial charge < -0.3 is 10.6 Å². The molecule has 1 aromatic rings. The van der Waals surface area contributed by atoms with Crippen LogP contribution in [0.2, 0.25) is 5.02 Å². The van der Waals surface area contributed by atoms with Gasteiger partial charge in [-0.05, 0) is 43.4 Å². The predicted molar refractivity (Wildman–Crippen MR) is 86.9 cm³/mol. The lowest BCUT2D eigenvalue weighted by Crippen LogP contribution is -2.47. The summed E-state index contributed by atoms with van der Waals surface area (Å²) in [6.07, 6.45) is 4.64. The van der Waals surface area contributed by atoms with Crippen LogP contribution < -0.4 is 10.6 Å². The van der Waals surface area contributed by atoms with Crippen molar-refractivity contribution in [3.05, 3.63) is 34.9 Å². The number of halogens is 1. The van der Waals surface area contributed by atoms with Gasteiger partial charge in [-0.2, -0.15) is 11.8 Å². The molecule has 0 heterocycles. The van der Waals surface area contributed by atoms with Crippen LogP contribution in [0.15, 0.2) is 24.3 Å². The third-order valence-corrected chi connectivity index (χ3v) is 4.25. The molecule has 2 N–H and O–H groups in total. The fourth-order valence-corrected chi connectivity index (χ4v) is 2.61. The van der Waals surface area contributed by atoms with Gasteiger partial charge in [0.05, 0.1) is 10.6 Å². The molecule has 1 saturated carbocycles. The molecule has 21 heavy (non-hydrogen) atoms. The molecular formula is C15H19ClN2O2S. The first-order valence-corrected chi connectivity index (χ1v) is 8.73. The van der Waals surface area contributed by atoms with Gasteiger partial charge >= 0.3 is 0 Å². The Morgan fingerprint density at radius 3 is 2.71 bits per heavy atom. The number of carbonyl (C=O) groups is 2. The second kappa shape index (κ2) is 7.71. The minimum Gasteiger partial charge on any atom is -0.352 e. The molecule has 1 aromatic carbocycles. The van der Waals surface area contributed by atoms with Gasteiger partial charge in [0.15, 0.2) is 0 Å². The summed E-state index contributed by atoms with van der Waals surface area (Å²) in [6.45, 7) is 0. The predicted octanol–water partition coefficient (Wildman–Crippen LogP) is 2.47. The molecular weight excluding hydrogens is 308 g/mol. The zero-order chi connectivity index (χ0) is 15.2. The minimum atomic E-state index is -0.512. The van der Waals surface area contributed by atoms with E-state index in [1.54, 1.807) is 36.0 Å². The van der Waals surface area contributed by atoms with Gasteiger partial charge in [-0.25, -0.2) is 0 Å². The Kier molecular flexibility index (Phi) is 5.94. The van der Waals surface area contributed by atoms with Gasteiger partial charge in [0.2, 0.25) is 5.91 Å². The van der Waals surface area contributed by atoms with E-state index >= 15 is 0 Å². The van der Waals surface area contributed by atoms with Crippen LogP contribution in [-0.2, 0) is 4.79 Å². The number of benzene rings is 1. The van der Waals surface area contributed by atoms with Crippen molar-refractivity contribution in [2.45, 2.75) is 31.3 Å². The molecule has 1 aliphatic carbocycles. The summed E-state index contributed by atoms with van der Waals surface area (Å²) < 4.78 is 0. The number of thioether (sulfide) groups is 1. The molecule has 114 valence electrons. The molecule has 1 atom stereocenters. The number of rotatable bonds is 7. The Morgan fingerprint density at radius 2 is 2.10 bits per heavy atom. The van der Waals surface area contributed by atoms with Crippen molar-refractivity contribution in [3.8, 4) is 0 Å². The van der Waals surface area contributed by atoms with Crippen molar-refractivity contribution in [2.24, 2.45) is 0 Å². The lowest BCUT2D eigenvalue weighted by atomic mass is 10.1. The van der Waals surface area contributed by atoms with E-state index in [1.165, 1.54) is 0 Å². The highest BCUT2D eigenvalue weighted by Gasteiger charge is 2.28. The zero-order valence-corrected chi connectivity index (χ0v) is 13.5. The molecule has 1 fully saturated rings. The zero-order valence-electron chi connectivity index (χ0n) is 11.9. The highest BCUT2D eigenvalue weighted by molar-refractivity contribution is 7.98. The normalized spacial score (nSPS) is 15.3. The average Bonchev–Trinajstić information content (AvgIpc) is 3.27. The fraction of sp³-hybridized carbons (Fsp3) is 0.467. The van der Waals surface area contributed by atoms with E-state index in [0.717, 1.165) is 18.6 Å². The van der Waals surface area contributed by atoms with E-state index in [-0.39, 0.29) is 17.9 Å². The second-order valence-electron chi connectivity index (χ2n) is 5.07. The van der Waals surface area contributed by atoms with Gasteiger partial charge in [0, 0.05) is 6.04 Å². The number of hydrogen-bond donors (Lipinski definition) is 2. The van der Waals surface area contributed by atoms with Crippen LogP contribution in [-0.4, -0.2) is 35.9 Å². The average molecular weight is 327 g/mol. The second-order valence-corrected chi connectivity index (χ2v) is 6.46. The van der Waals surface area contributed by atoms with Gasteiger partial charge in [0.25, 0.3) is 5.91 Å². The first kappa shape index (κ1) is 16.2. The Hall–Kier alpha value is -1.20. The Labute approximate surface area is 134 Å². The first-order valence-electron chi connectivity index (χ1n) is 6.96. The lowest BCUT2D eigenvalue weighted by Gasteiger charge is -2.18. The van der Waals surface area contributed by atoms with Crippen LogP contribution in [0.5, 0.6) is 0 Å². The molecule has 0 aliphatic heterocycles. The van der Waals surface area contributed by atoms with Crippen LogP contribution >= 0.6 is 23.4 Å². The summed E-state index contributed by atoms with van der Waals surface area (Å²) in [7, 11) is 0. The maximum Gasteiger partial charge on any atom is 0.253 e. The summed E-state index contributed by atoms with van der Waals surface area (Å²) in [5.41, 5.74) is 0.396. The maximum atomic E-state index is 12.3. The molecule has 2 rings (SSSR count). The molecule has 1 unspecified atom stereocenters. The van der Waals surface area contributed by atoms with E-state index < -0.39 is 6.04 Å². The van der Waals surface area contributed by atoms with Gasteiger partial charge in [-0.15, -0.1) is 0 Å². The Balaban J connectivity index is 2.01. The lowest BCUT2D eigenvalue weighted by molar-refractivity contribution is -0.123. The van der Waals surface area contributed by atoms with Crippen LogP contribution in [0.3, 0.4) is 0 Å². The molecule has 0 aromatic heterocycles. The quantitative estimate of drug-likeness (QED) is 0.809. The summed E-state index contributed by atoms with van der Waals surface area (Å²) in [5.74, 6) is 0.399. The summed E-state index contributed by atoms with van der Waals surface area (Å²) in [6, 6.07) is 6.61. The number of carbonyl (C=O) groups excluding carboxylic acids is 2. The summed E-state index contributed by atoms with van der Waals surface area (Å²) in [4.78, 5) is 24.4. The highest BCUT2D eigenvalue weighted by Crippen LogP contribution is 2.19. The molecule has 1 aliphatic rings. The molecule has 0 saturated heterocycles. The molecule has 0 radical (unpaired) electrons. The van der Waals surface area contributed by atoms with Crippen LogP contribution in [0.25, 0.3) is 0 Å². The largest absolute Gasteiger partial charge is 0.352 e. The van der Waals surface area contributed by atoms with E-state index in [0.29, 0.717) is 17.0 Å². The van der Waals surface area contributed by atoms with Crippen molar-refractivity contribution < 1.29 is 9.59 Å². The Morgan fingerprint density at radius 1 is 1.38 bits per heavy atom. The van der Waals surface area contributed by atoms with Gasteiger partial charge in [-0.1, -0.05) is 23.7 Å². The Bertz CT molecular complexity index is 520. The van der Waals surface area contributed by atoms with E-state index in [2.05, 4.69) is 10.6 Å². The monoisotopic (exact) mass is 326 g/mol. The minimum absolute atomic E-state index is 0.105. The van der Waals surface area contributed by atoms with Crippen molar-refractivity contribution in [1.82, 2.24) is 10.6 Å². The van der Waals surface area contributed by atoms with Crippen LogP contribution in [0, 0.1) is 0 Å². The number of nitrogens with one attached hydrogen (secondary N) is 2. The van der Waals surface area contributed by atoms with Gasteiger partial charge in [-0.3, -0.25) is 9.59 Å². The molecule has 2 amide bonds. The first-order chi connectivity index (χ1) is 10.1. The fourth-order valence-electron chi connectivity index (χ4n) is 1.92. The number of amides is 2. The van der Waals surface area contributed by atoms with Crippen molar-refractivity contribution >= 4 is 35.2 Å². The smallest absolute Gasteiger partial charge is 0.253 e. The summed E-state index contributed by atoms with van der Waals surface area (Å²) in [5, 5.41) is 6.12. The van der Waals surface area contributed by atoms with Gasteiger partial charge in [0.1, 0.15) is 6.04 Å². The van der Waals surface area contributed by atoms with Crippen molar-refractivity contribution in [3.63, 3.8) is 0 Å². The SMILES string of the molecule is CSCCC(NC(=O)c1ccccc1Cl)C(=O)NC1CC1. The van der Waals surface area contributed by atoms with Crippen molar-refractivity contribution in [1.29, 1.82) is 0 Å². The van der Waals surface area contributed by atoms with E-state index in [1.807, 2.05) is 6.26 Å². The topological polar surface area (TPSA) is 58.2 Å². The van der Waals surface area contributed by atoms with Crippen LogP contribution in [0.4, 0.5) is 0 Å². The molecule has 4 nitrogen and oxygen atoms in total. The molecule has 6 heteroatoms. The molecule has 0 bridgehead atoms. The third-order valence-electron chi connectivity index (χ3n) is 3.27. The van der Waals surface area contributed by atoms with E-state index in [9.17, 15) is 9.59 Å². The van der Waals surface area contributed by atoms with Crippen molar-refractivity contribution in [2.75, 3.05) is 12.0 Å². The van der Waals surface area contributed by atoms with Crippen LogP contribution in [0.1, 0.15) is 29.6 Å². The highest BCUT2D eigenvalue weighted by atomic mass is 35.5. The maximum absolute atomic E-state index is 12.3. The number of hydrogen-bond acceptors (Lipinski definition) is 3.